The molecule has 1 aromatic rings. The highest BCUT2D eigenvalue weighted by Crippen LogP contribution is 2.13. The average Bonchev–Trinajstić information content (AvgIpc) is 2.79. The zero-order chi connectivity index (χ0) is 28.0. The first kappa shape index (κ1) is 31.5. The second-order valence-corrected chi connectivity index (χ2v) is 9.99. The maximum Gasteiger partial charge on any atom is 0.408 e. The summed E-state index contributed by atoms with van der Waals surface area (Å²) in [4.78, 5) is 53.3. The van der Waals surface area contributed by atoms with Crippen LogP contribution in [0.5, 0.6) is 0 Å². The van der Waals surface area contributed by atoms with Gasteiger partial charge in [0.2, 0.25) is 11.8 Å². The largest absolute Gasteiger partial charge is 0.444 e. The van der Waals surface area contributed by atoms with Crippen molar-refractivity contribution >= 4 is 47.0 Å². The van der Waals surface area contributed by atoms with Crippen molar-refractivity contribution in [1.29, 1.82) is 0 Å². The van der Waals surface area contributed by atoms with Crippen molar-refractivity contribution in [2.45, 2.75) is 78.1 Å². The molecule has 0 aliphatic heterocycles. The van der Waals surface area contributed by atoms with Crippen LogP contribution in [0, 0.1) is 5.92 Å². The Balaban J connectivity index is 2.94. The molecule has 0 bridgehead atoms. The number of thiocarbonyl (C=S) groups is 1. The van der Waals surface area contributed by atoms with Crippen molar-refractivity contribution in [3.05, 3.63) is 29.8 Å². The number of nitrogens with zero attached hydrogens (tertiary/aromatic N) is 1. The Labute approximate surface area is 223 Å². The summed E-state index contributed by atoms with van der Waals surface area (Å²) in [6, 6.07) is 4.62. The highest BCUT2D eigenvalue weighted by atomic mass is 32.1. The van der Waals surface area contributed by atoms with Gasteiger partial charge in [0.1, 0.15) is 17.7 Å². The quantitative estimate of drug-likeness (QED) is 0.148. The van der Waals surface area contributed by atoms with Gasteiger partial charge in [-0.05, 0) is 75.9 Å². The molecule has 0 radical (unpaired) electrons. The van der Waals surface area contributed by atoms with Gasteiger partial charge < -0.3 is 31.7 Å². The standard InChI is InChI=1S/C25H38N6O5S/c1-16(2)20(31-24(35)36-25(3,4)5)22(33)30-19(8-6-7-13-28-23(26)34)21(32)29-18-11-9-17(10-12-18)14-27-15-37/h9-12,16,19-20H,6-8,13-14H2,1-5H3,(H,29,32)(H,30,33)(H,31,35)(H3,26,28,34)/t19-,20-/m0/s1. The van der Waals surface area contributed by atoms with E-state index in [1.165, 1.54) is 0 Å². The van der Waals surface area contributed by atoms with E-state index in [0.717, 1.165) is 5.56 Å². The van der Waals surface area contributed by atoms with Gasteiger partial charge in [-0.1, -0.05) is 26.0 Å². The third-order valence-corrected chi connectivity index (χ3v) is 5.15. The molecular weight excluding hydrogens is 496 g/mol. The smallest absolute Gasteiger partial charge is 0.408 e. The summed E-state index contributed by atoms with van der Waals surface area (Å²) in [5, 5.41) is 13.0. The fourth-order valence-electron chi connectivity index (χ4n) is 3.23. The van der Waals surface area contributed by atoms with Crippen molar-refractivity contribution < 1.29 is 23.9 Å². The SMILES string of the molecule is CC(C)[C@H](NC(=O)OC(C)(C)C)C(=O)N[C@@H](CCCCNC(N)=O)C(=O)Nc1ccc(CN=C=S)cc1. The van der Waals surface area contributed by atoms with Crippen LogP contribution in [0.2, 0.25) is 0 Å². The maximum absolute atomic E-state index is 13.1. The molecule has 2 atom stereocenters. The van der Waals surface area contributed by atoms with Crippen LogP contribution in [-0.4, -0.2) is 53.3 Å². The van der Waals surface area contributed by atoms with Gasteiger partial charge in [0.05, 0.1) is 11.7 Å². The minimum Gasteiger partial charge on any atom is -0.444 e. The third kappa shape index (κ3) is 13.4. The lowest BCUT2D eigenvalue weighted by Crippen LogP contribution is -2.55. The summed E-state index contributed by atoms with van der Waals surface area (Å²) in [5.74, 6) is -1.19. The molecule has 0 saturated carbocycles. The van der Waals surface area contributed by atoms with Crippen LogP contribution in [0.1, 0.15) is 59.4 Å². The zero-order valence-corrected chi connectivity index (χ0v) is 22.9. The number of primary amides is 1. The molecule has 204 valence electrons. The van der Waals surface area contributed by atoms with Crippen LogP contribution in [0.15, 0.2) is 29.3 Å². The van der Waals surface area contributed by atoms with Crippen molar-refractivity contribution in [3.63, 3.8) is 0 Å². The van der Waals surface area contributed by atoms with Gasteiger partial charge in [0.25, 0.3) is 0 Å². The zero-order valence-electron chi connectivity index (χ0n) is 22.1. The molecular formula is C25H38N6O5S. The first-order chi connectivity index (χ1) is 17.3. The molecule has 0 spiro atoms. The number of alkyl carbamates (subject to hydrolysis) is 1. The van der Waals surface area contributed by atoms with Crippen molar-refractivity contribution in [3.8, 4) is 0 Å². The summed E-state index contributed by atoms with van der Waals surface area (Å²) < 4.78 is 5.27. The molecule has 12 heteroatoms. The van der Waals surface area contributed by atoms with Crippen molar-refractivity contribution in [1.82, 2.24) is 16.0 Å². The highest BCUT2D eigenvalue weighted by molar-refractivity contribution is 7.78. The number of carbonyl (C=O) groups excluding carboxylic acids is 4. The van der Waals surface area contributed by atoms with E-state index in [0.29, 0.717) is 38.0 Å². The number of ether oxygens (including phenoxy) is 1. The number of rotatable bonds is 13. The number of urea groups is 1. The van der Waals surface area contributed by atoms with Gasteiger partial charge in [0.15, 0.2) is 0 Å². The van der Waals surface area contributed by atoms with Gasteiger partial charge >= 0.3 is 12.1 Å². The predicted molar refractivity (Wildman–Crippen MR) is 145 cm³/mol. The summed E-state index contributed by atoms with van der Waals surface area (Å²) >= 11 is 4.58. The van der Waals surface area contributed by atoms with E-state index in [2.05, 4.69) is 43.6 Å². The molecule has 1 rings (SSSR count). The number of unbranched alkanes of at least 4 members (excludes halogenated alkanes) is 1. The lowest BCUT2D eigenvalue weighted by molar-refractivity contribution is -0.128. The topological polar surface area (TPSA) is 164 Å². The predicted octanol–water partition coefficient (Wildman–Crippen LogP) is 3.10. The van der Waals surface area contributed by atoms with E-state index in [9.17, 15) is 19.2 Å². The molecule has 0 unspecified atom stereocenters. The number of hydrogen-bond donors (Lipinski definition) is 5. The molecule has 5 amide bonds. The number of anilines is 1. The Morgan fingerprint density at radius 2 is 1.70 bits per heavy atom. The first-order valence-electron chi connectivity index (χ1n) is 12.1. The Kier molecular flexibility index (Phi) is 13.3. The summed E-state index contributed by atoms with van der Waals surface area (Å²) in [5.41, 5.74) is 5.80. The maximum atomic E-state index is 13.1. The van der Waals surface area contributed by atoms with Crippen LogP contribution < -0.4 is 27.0 Å². The highest BCUT2D eigenvalue weighted by Gasteiger charge is 2.30. The van der Waals surface area contributed by atoms with Crippen LogP contribution in [-0.2, 0) is 20.9 Å². The lowest BCUT2D eigenvalue weighted by atomic mass is 10.0. The van der Waals surface area contributed by atoms with Crippen LogP contribution >= 0.6 is 12.2 Å². The Morgan fingerprint density at radius 3 is 2.24 bits per heavy atom. The number of nitrogens with two attached hydrogens (primary N) is 1. The van der Waals surface area contributed by atoms with Crippen molar-refractivity contribution in [2.24, 2.45) is 16.6 Å². The molecule has 0 aromatic heterocycles. The van der Waals surface area contributed by atoms with Gasteiger partial charge in [-0.3, -0.25) is 9.59 Å². The average molecular weight is 535 g/mol. The number of carbonyl (C=O) groups is 4. The minimum absolute atomic E-state index is 0.265. The fraction of sp³-hybridized carbons (Fsp3) is 0.560. The number of nitrogens with one attached hydrogen (secondary N) is 4. The van der Waals surface area contributed by atoms with E-state index in [-0.39, 0.29) is 5.92 Å². The number of amides is 5. The summed E-state index contributed by atoms with van der Waals surface area (Å²) in [7, 11) is 0. The molecule has 1 aromatic carbocycles. The molecule has 37 heavy (non-hydrogen) atoms. The van der Waals surface area contributed by atoms with Gasteiger partial charge in [-0.15, -0.1) is 0 Å². The fourth-order valence-corrected chi connectivity index (χ4v) is 3.30. The van der Waals surface area contributed by atoms with Crippen LogP contribution in [0.25, 0.3) is 0 Å². The Hall–Kier alpha value is -3.50. The number of isothiocyanates is 1. The number of hydrogen-bond acceptors (Lipinski definition) is 7. The van der Waals surface area contributed by atoms with Crippen molar-refractivity contribution in [2.75, 3.05) is 11.9 Å². The van der Waals surface area contributed by atoms with E-state index >= 15 is 0 Å². The molecule has 0 aliphatic rings. The molecule has 6 N–H and O–H groups in total. The molecule has 0 fully saturated rings. The lowest BCUT2D eigenvalue weighted by Gasteiger charge is -2.27. The molecule has 0 heterocycles. The summed E-state index contributed by atoms with van der Waals surface area (Å²) in [6.07, 6.45) is 0.662. The number of aliphatic imine (C=N–C) groups is 1. The van der Waals surface area contributed by atoms with E-state index in [1.807, 2.05) is 0 Å². The van der Waals surface area contributed by atoms with Crippen LogP contribution in [0.3, 0.4) is 0 Å². The molecule has 11 nitrogen and oxygen atoms in total. The number of benzene rings is 1. The second-order valence-electron chi connectivity index (χ2n) is 9.81. The Bertz CT molecular complexity index is 971. The minimum atomic E-state index is -0.914. The van der Waals surface area contributed by atoms with Gasteiger partial charge in [-0.2, -0.15) is 0 Å². The Morgan fingerprint density at radius 1 is 1.05 bits per heavy atom. The van der Waals surface area contributed by atoms with E-state index in [1.54, 1.807) is 58.9 Å². The molecule has 0 saturated heterocycles. The van der Waals surface area contributed by atoms with E-state index < -0.39 is 41.6 Å². The third-order valence-electron chi connectivity index (χ3n) is 5.02. The normalized spacial score (nSPS) is 12.5. The van der Waals surface area contributed by atoms with Gasteiger partial charge in [-0.25, -0.2) is 14.6 Å². The van der Waals surface area contributed by atoms with E-state index in [4.69, 9.17) is 10.5 Å². The first-order valence-corrected chi connectivity index (χ1v) is 12.5. The van der Waals surface area contributed by atoms with Gasteiger partial charge in [0, 0.05) is 12.2 Å². The monoisotopic (exact) mass is 534 g/mol. The molecule has 0 aliphatic carbocycles. The van der Waals surface area contributed by atoms with Crippen LogP contribution in [0.4, 0.5) is 15.3 Å². The summed E-state index contributed by atoms with van der Waals surface area (Å²) in [6.45, 7) is 9.46. The second kappa shape index (κ2) is 15.6.